The van der Waals surface area contributed by atoms with Gasteiger partial charge in [-0.1, -0.05) is 29.8 Å². The van der Waals surface area contributed by atoms with Crippen LogP contribution in [0.3, 0.4) is 0 Å². The van der Waals surface area contributed by atoms with E-state index in [1.54, 1.807) is 11.3 Å². The first-order chi connectivity index (χ1) is 11.1. The molecule has 2 heterocycles. The smallest absolute Gasteiger partial charge is 0.225 e. The zero-order chi connectivity index (χ0) is 16.2. The third-order valence-corrected chi connectivity index (χ3v) is 5.27. The summed E-state index contributed by atoms with van der Waals surface area (Å²) in [6.07, 6.45) is 2.71. The molecule has 0 aliphatic carbocycles. The van der Waals surface area contributed by atoms with Gasteiger partial charge >= 0.3 is 0 Å². The Labute approximate surface area is 140 Å². The minimum absolute atomic E-state index is 0.0442. The number of nitrogens with zero attached hydrogens (tertiary/aromatic N) is 1. The zero-order valence-electron chi connectivity index (χ0n) is 13.6. The molecule has 4 nitrogen and oxygen atoms in total. The quantitative estimate of drug-likeness (QED) is 0.915. The topological polar surface area (TPSA) is 51.2 Å². The molecule has 122 valence electrons. The minimum atomic E-state index is 0.0442. The summed E-state index contributed by atoms with van der Waals surface area (Å²) in [5.74, 6) is 0.0442. The van der Waals surface area contributed by atoms with Gasteiger partial charge in [0, 0.05) is 23.6 Å². The first-order valence-electron chi connectivity index (χ1n) is 8.03. The molecule has 1 unspecified atom stereocenters. The first-order valence-corrected chi connectivity index (χ1v) is 8.85. The van der Waals surface area contributed by atoms with Crippen molar-refractivity contribution >= 4 is 17.2 Å². The third kappa shape index (κ3) is 4.18. The SMILES string of the molecule is Cc1ccc(-c2nc(C)c(CC(=O)NCC3CCCO3)s2)cc1. The number of amides is 1. The van der Waals surface area contributed by atoms with E-state index in [0.29, 0.717) is 13.0 Å². The Bertz CT molecular complexity index is 673. The van der Waals surface area contributed by atoms with Crippen LogP contribution in [0.4, 0.5) is 0 Å². The summed E-state index contributed by atoms with van der Waals surface area (Å²) in [6.45, 7) is 5.47. The maximum Gasteiger partial charge on any atom is 0.225 e. The number of hydrogen-bond acceptors (Lipinski definition) is 4. The lowest BCUT2D eigenvalue weighted by Crippen LogP contribution is -2.32. The maximum atomic E-state index is 12.1. The monoisotopic (exact) mass is 330 g/mol. The molecule has 1 N–H and O–H groups in total. The Kier molecular flexibility index (Phi) is 5.08. The van der Waals surface area contributed by atoms with Crippen LogP contribution in [0, 0.1) is 13.8 Å². The van der Waals surface area contributed by atoms with E-state index in [9.17, 15) is 4.79 Å². The summed E-state index contributed by atoms with van der Waals surface area (Å²) in [6, 6.07) is 8.32. The van der Waals surface area contributed by atoms with Crippen molar-refractivity contribution in [2.45, 2.75) is 39.2 Å². The maximum absolute atomic E-state index is 12.1. The molecule has 3 rings (SSSR count). The van der Waals surface area contributed by atoms with E-state index in [0.717, 1.165) is 40.6 Å². The lowest BCUT2D eigenvalue weighted by molar-refractivity contribution is -0.120. The van der Waals surface area contributed by atoms with Crippen LogP contribution in [0.5, 0.6) is 0 Å². The summed E-state index contributed by atoms with van der Waals surface area (Å²) in [7, 11) is 0. The van der Waals surface area contributed by atoms with E-state index in [2.05, 4.69) is 41.5 Å². The molecule has 1 aromatic carbocycles. The molecule has 1 aromatic heterocycles. The second kappa shape index (κ2) is 7.23. The number of hydrogen-bond donors (Lipinski definition) is 1. The molecular formula is C18H22N2O2S. The van der Waals surface area contributed by atoms with Gasteiger partial charge in [-0.05, 0) is 26.7 Å². The molecule has 1 fully saturated rings. The number of ether oxygens (including phenoxy) is 1. The molecule has 1 saturated heterocycles. The van der Waals surface area contributed by atoms with Crippen molar-refractivity contribution in [3.63, 3.8) is 0 Å². The third-order valence-electron chi connectivity index (χ3n) is 4.06. The average Bonchev–Trinajstić information content (AvgIpc) is 3.17. The second-order valence-electron chi connectivity index (χ2n) is 6.01. The van der Waals surface area contributed by atoms with Crippen LogP contribution in [-0.4, -0.2) is 30.1 Å². The molecule has 0 spiro atoms. The average molecular weight is 330 g/mol. The Hall–Kier alpha value is -1.72. The van der Waals surface area contributed by atoms with Crippen molar-refractivity contribution in [2.75, 3.05) is 13.2 Å². The van der Waals surface area contributed by atoms with Crippen LogP contribution in [-0.2, 0) is 16.0 Å². The van der Waals surface area contributed by atoms with Crippen LogP contribution in [0.1, 0.15) is 29.0 Å². The van der Waals surface area contributed by atoms with Gasteiger partial charge in [-0.25, -0.2) is 4.98 Å². The summed E-state index contributed by atoms with van der Waals surface area (Å²) in [5.41, 5.74) is 3.28. The second-order valence-corrected chi connectivity index (χ2v) is 7.09. The Morgan fingerprint density at radius 1 is 1.35 bits per heavy atom. The zero-order valence-corrected chi connectivity index (χ0v) is 14.4. The van der Waals surface area contributed by atoms with Gasteiger partial charge in [0.15, 0.2) is 0 Å². The van der Waals surface area contributed by atoms with E-state index in [4.69, 9.17) is 4.74 Å². The van der Waals surface area contributed by atoms with Crippen LogP contribution in [0.2, 0.25) is 0 Å². The van der Waals surface area contributed by atoms with Crippen molar-refractivity contribution in [1.29, 1.82) is 0 Å². The molecule has 1 aliphatic rings. The van der Waals surface area contributed by atoms with E-state index >= 15 is 0 Å². The van der Waals surface area contributed by atoms with Crippen molar-refractivity contribution in [3.8, 4) is 10.6 Å². The van der Waals surface area contributed by atoms with Gasteiger partial charge in [0.25, 0.3) is 0 Å². The largest absolute Gasteiger partial charge is 0.376 e. The molecular weight excluding hydrogens is 308 g/mol. The Morgan fingerprint density at radius 2 is 2.13 bits per heavy atom. The predicted molar refractivity (Wildman–Crippen MR) is 92.7 cm³/mol. The van der Waals surface area contributed by atoms with Crippen LogP contribution in [0.15, 0.2) is 24.3 Å². The molecule has 1 amide bonds. The van der Waals surface area contributed by atoms with Gasteiger partial charge in [-0.15, -0.1) is 11.3 Å². The molecule has 5 heteroatoms. The van der Waals surface area contributed by atoms with Crippen molar-refractivity contribution in [2.24, 2.45) is 0 Å². The number of aromatic nitrogens is 1. The Morgan fingerprint density at radius 3 is 2.83 bits per heavy atom. The molecule has 0 radical (unpaired) electrons. The van der Waals surface area contributed by atoms with E-state index in [1.165, 1.54) is 5.56 Å². The fraction of sp³-hybridized carbons (Fsp3) is 0.444. The summed E-state index contributed by atoms with van der Waals surface area (Å²) < 4.78 is 5.52. The van der Waals surface area contributed by atoms with Gasteiger partial charge in [-0.3, -0.25) is 4.79 Å². The van der Waals surface area contributed by atoms with Gasteiger partial charge in [0.2, 0.25) is 5.91 Å². The molecule has 23 heavy (non-hydrogen) atoms. The number of nitrogens with one attached hydrogen (secondary N) is 1. The van der Waals surface area contributed by atoms with Crippen LogP contribution in [0.25, 0.3) is 10.6 Å². The normalized spacial score (nSPS) is 17.4. The highest BCUT2D eigenvalue weighted by Gasteiger charge is 2.17. The standard InChI is InChI=1S/C18H22N2O2S/c1-12-5-7-14(8-6-12)18-20-13(2)16(23-18)10-17(21)19-11-15-4-3-9-22-15/h5-8,15H,3-4,9-11H2,1-2H3,(H,19,21). The summed E-state index contributed by atoms with van der Waals surface area (Å²) in [5, 5.41) is 3.95. The van der Waals surface area contributed by atoms with Gasteiger partial charge in [0.1, 0.15) is 5.01 Å². The highest BCUT2D eigenvalue weighted by molar-refractivity contribution is 7.15. The number of thiazole rings is 1. The van der Waals surface area contributed by atoms with Crippen LogP contribution >= 0.6 is 11.3 Å². The van der Waals surface area contributed by atoms with Gasteiger partial charge in [-0.2, -0.15) is 0 Å². The Balaban J connectivity index is 1.61. The van der Waals surface area contributed by atoms with E-state index in [1.807, 2.05) is 6.92 Å². The number of aryl methyl sites for hydroxylation is 2. The minimum Gasteiger partial charge on any atom is -0.376 e. The molecule has 0 saturated carbocycles. The molecule has 1 atom stereocenters. The molecule has 0 bridgehead atoms. The fourth-order valence-corrected chi connectivity index (χ4v) is 3.72. The van der Waals surface area contributed by atoms with E-state index < -0.39 is 0 Å². The lowest BCUT2D eigenvalue weighted by atomic mass is 10.2. The van der Waals surface area contributed by atoms with Gasteiger partial charge in [0.05, 0.1) is 18.2 Å². The number of rotatable bonds is 5. The first kappa shape index (κ1) is 16.1. The van der Waals surface area contributed by atoms with Crippen molar-refractivity contribution < 1.29 is 9.53 Å². The van der Waals surface area contributed by atoms with Crippen LogP contribution < -0.4 is 5.32 Å². The predicted octanol–water partition coefficient (Wildman–Crippen LogP) is 3.26. The fourth-order valence-electron chi connectivity index (χ4n) is 2.65. The lowest BCUT2D eigenvalue weighted by Gasteiger charge is -2.10. The van der Waals surface area contributed by atoms with E-state index in [-0.39, 0.29) is 12.0 Å². The number of carbonyl (C=O) groups excluding carboxylic acids is 1. The molecule has 2 aromatic rings. The van der Waals surface area contributed by atoms with Crippen molar-refractivity contribution in [1.82, 2.24) is 10.3 Å². The number of benzene rings is 1. The highest BCUT2D eigenvalue weighted by Crippen LogP contribution is 2.28. The summed E-state index contributed by atoms with van der Waals surface area (Å²) >= 11 is 1.60. The number of carbonyl (C=O) groups is 1. The van der Waals surface area contributed by atoms with Gasteiger partial charge < -0.3 is 10.1 Å². The highest BCUT2D eigenvalue weighted by atomic mass is 32.1. The molecule has 1 aliphatic heterocycles. The summed E-state index contributed by atoms with van der Waals surface area (Å²) in [4.78, 5) is 17.8. The van der Waals surface area contributed by atoms with Crippen molar-refractivity contribution in [3.05, 3.63) is 40.4 Å².